The summed E-state index contributed by atoms with van der Waals surface area (Å²) in [6.45, 7) is 2.40. The molecule has 1 aromatic heterocycles. The van der Waals surface area contributed by atoms with E-state index in [0.717, 1.165) is 11.5 Å². The van der Waals surface area contributed by atoms with Gasteiger partial charge in [-0.3, -0.25) is 0 Å². The largest absolute Gasteiger partial charge is 0.478 e. The van der Waals surface area contributed by atoms with Gasteiger partial charge in [0.15, 0.2) is 0 Å². The van der Waals surface area contributed by atoms with Crippen molar-refractivity contribution in [3.63, 3.8) is 0 Å². The first-order chi connectivity index (χ1) is 10.1. The zero-order chi connectivity index (χ0) is 15.2. The number of urea groups is 1. The van der Waals surface area contributed by atoms with Crippen molar-refractivity contribution in [1.82, 2.24) is 10.6 Å². The number of furan rings is 1. The third kappa shape index (κ3) is 4.89. The van der Waals surface area contributed by atoms with Crippen LogP contribution >= 0.6 is 23.5 Å². The number of aryl methyl sites for hydroxylation is 1. The maximum absolute atomic E-state index is 11.7. The van der Waals surface area contributed by atoms with Gasteiger partial charge in [0.2, 0.25) is 0 Å². The summed E-state index contributed by atoms with van der Waals surface area (Å²) in [5, 5.41) is 14.9. The van der Waals surface area contributed by atoms with Crippen LogP contribution in [0.15, 0.2) is 10.5 Å². The summed E-state index contributed by atoms with van der Waals surface area (Å²) in [5.41, 5.74) is 0.128. The van der Waals surface area contributed by atoms with Gasteiger partial charge in [0.1, 0.15) is 17.1 Å². The molecule has 3 N–H and O–H groups in total. The molecule has 1 aliphatic heterocycles. The molecule has 0 aliphatic carbocycles. The molecule has 1 saturated heterocycles. The van der Waals surface area contributed by atoms with E-state index in [9.17, 15) is 9.59 Å². The lowest BCUT2D eigenvalue weighted by Crippen LogP contribution is -2.39. The van der Waals surface area contributed by atoms with E-state index in [4.69, 9.17) is 9.52 Å². The van der Waals surface area contributed by atoms with Gasteiger partial charge >= 0.3 is 12.0 Å². The lowest BCUT2D eigenvalue weighted by Gasteiger charge is -2.21. The molecule has 1 unspecified atom stereocenters. The number of carbonyl (C=O) groups excluding carboxylic acids is 1. The topological polar surface area (TPSA) is 91.6 Å². The summed E-state index contributed by atoms with van der Waals surface area (Å²) in [5.74, 6) is 3.11. The molecule has 2 rings (SSSR count). The molecule has 116 valence electrons. The van der Waals surface area contributed by atoms with Gasteiger partial charge in [0.25, 0.3) is 0 Å². The molecule has 0 aromatic carbocycles. The Hall–Kier alpha value is -1.28. The lowest BCUT2D eigenvalue weighted by molar-refractivity contribution is 0.0695. The number of hydrogen-bond acceptors (Lipinski definition) is 5. The molecule has 1 atom stereocenters. The van der Waals surface area contributed by atoms with Gasteiger partial charge < -0.3 is 20.2 Å². The van der Waals surface area contributed by atoms with Crippen molar-refractivity contribution in [2.75, 3.05) is 23.8 Å². The minimum Gasteiger partial charge on any atom is -0.478 e. The number of carboxylic acids is 1. The number of carboxylic acid groups (broad SMARTS) is 1. The van der Waals surface area contributed by atoms with Gasteiger partial charge in [-0.05, 0) is 13.0 Å². The van der Waals surface area contributed by atoms with E-state index in [1.165, 1.54) is 11.8 Å². The maximum atomic E-state index is 11.7. The Balaban J connectivity index is 1.73. The second-order valence-corrected chi connectivity index (χ2v) is 7.18. The van der Waals surface area contributed by atoms with E-state index in [0.29, 0.717) is 23.3 Å². The smallest absolute Gasteiger partial charge is 0.339 e. The van der Waals surface area contributed by atoms with E-state index >= 15 is 0 Å². The minimum absolute atomic E-state index is 0.128. The van der Waals surface area contributed by atoms with E-state index in [2.05, 4.69) is 10.6 Å². The Morgan fingerprint density at radius 1 is 1.43 bits per heavy atom. The molecule has 21 heavy (non-hydrogen) atoms. The molecule has 6 nitrogen and oxygen atoms in total. The normalized spacial score (nSPS) is 18.2. The van der Waals surface area contributed by atoms with Crippen molar-refractivity contribution >= 4 is 35.5 Å². The maximum Gasteiger partial charge on any atom is 0.339 e. The molecule has 8 heteroatoms. The second kappa shape index (κ2) is 7.65. The van der Waals surface area contributed by atoms with Gasteiger partial charge in [-0.2, -0.15) is 23.5 Å². The molecular weight excluding hydrogens is 312 g/mol. The monoisotopic (exact) mass is 330 g/mol. The average Bonchev–Trinajstić information content (AvgIpc) is 2.85. The number of amides is 2. The molecule has 1 aromatic rings. The lowest BCUT2D eigenvalue weighted by atomic mass is 10.2. The fourth-order valence-electron chi connectivity index (χ4n) is 1.93. The van der Waals surface area contributed by atoms with Crippen LogP contribution in [0.4, 0.5) is 4.79 Å². The van der Waals surface area contributed by atoms with E-state index < -0.39 is 5.97 Å². The van der Waals surface area contributed by atoms with Crippen molar-refractivity contribution in [1.29, 1.82) is 0 Å². The van der Waals surface area contributed by atoms with Gasteiger partial charge in [-0.25, -0.2) is 9.59 Å². The number of rotatable bonds is 5. The SMILES string of the molecule is Cc1oc(CNC(=O)NCC2CSCCS2)cc1C(=O)O. The summed E-state index contributed by atoms with van der Waals surface area (Å²) < 4.78 is 5.29. The van der Waals surface area contributed by atoms with Crippen molar-refractivity contribution in [2.24, 2.45) is 0 Å². The van der Waals surface area contributed by atoms with Crippen LogP contribution in [0.5, 0.6) is 0 Å². The van der Waals surface area contributed by atoms with E-state index in [1.54, 1.807) is 6.92 Å². The third-order valence-electron chi connectivity index (χ3n) is 3.00. The highest BCUT2D eigenvalue weighted by Crippen LogP contribution is 2.23. The number of thioether (sulfide) groups is 2. The summed E-state index contributed by atoms with van der Waals surface area (Å²) in [6.07, 6.45) is 0. The fraction of sp³-hybridized carbons (Fsp3) is 0.538. The first-order valence-electron chi connectivity index (χ1n) is 6.60. The van der Waals surface area contributed by atoms with Crippen LogP contribution in [-0.4, -0.2) is 46.2 Å². The Morgan fingerprint density at radius 2 is 2.24 bits per heavy atom. The molecule has 2 heterocycles. The molecule has 1 fully saturated rings. The van der Waals surface area contributed by atoms with Crippen LogP contribution in [0.2, 0.25) is 0 Å². The molecule has 1 aliphatic rings. The average molecular weight is 330 g/mol. The number of hydrogen-bond donors (Lipinski definition) is 3. The van der Waals surface area contributed by atoms with Crippen molar-refractivity contribution in [3.8, 4) is 0 Å². The van der Waals surface area contributed by atoms with Gasteiger partial charge in [-0.1, -0.05) is 0 Å². The summed E-state index contributed by atoms with van der Waals surface area (Å²) >= 11 is 3.79. The summed E-state index contributed by atoms with van der Waals surface area (Å²) in [4.78, 5) is 22.6. The number of aromatic carboxylic acids is 1. The highest BCUT2D eigenvalue weighted by Gasteiger charge is 2.16. The van der Waals surface area contributed by atoms with Crippen LogP contribution in [0.25, 0.3) is 0 Å². The Kier molecular flexibility index (Phi) is 5.86. The van der Waals surface area contributed by atoms with Crippen LogP contribution in [-0.2, 0) is 6.54 Å². The highest BCUT2D eigenvalue weighted by molar-refractivity contribution is 8.06. The third-order valence-corrected chi connectivity index (χ3v) is 5.84. The molecule has 0 spiro atoms. The summed E-state index contributed by atoms with van der Waals surface area (Å²) in [7, 11) is 0. The van der Waals surface area contributed by atoms with Crippen LogP contribution in [0.1, 0.15) is 21.9 Å². The Bertz CT molecular complexity index is 512. The van der Waals surface area contributed by atoms with Gasteiger partial charge in [-0.15, -0.1) is 0 Å². The van der Waals surface area contributed by atoms with Crippen LogP contribution < -0.4 is 10.6 Å². The zero-order valence-electron chi connectivity index (χ0n) is 11.7. The predicted octanol–water partition coefficient (Wildman–Crippen LogP) is 1.93. The standard InChI is InChI=1S/C13H18N2O4S2/c1-8-11(12(16)17)4-9(19-8)5-14-13(18)15-6-10-7-20-2-3-21-10/h4,10H,2-3,5-7H2,1H3,(H,16,17)(H2,14,15,18). The Morgan fingerprint density at radius 3 is 2.86 bits per heavy atom. The first-order valence-corrected chi connectivity index (χ1v) is 8.80. The van der Waals surface area contributed by atoms with Crippen LogP contribution in [0.3, 0.4) is 0 Å². The van der Waals surface area contributed by atoms with E-state index in [-0.39, 0.29) is 18.1 Å². The highest BCUT2D eigenvalue weighted by atomic mass is 32.2. The second-order valence-electron chi connectivity index (χ2n) is 4.62. The van der Waals surface area contributed by atoms with E-state index in [1.807, 2.05) is 23.5 Å². The van der Waals surface area contributed by atoms with Gasteiger partial charge in [0, 0.05) is 29.1 Å². The first kappa shape index (κ1) is 16.1. The van der Waals surface area contributed by atoms with Crippen molar-refractivity contribution in [2.45, 2.75) is 18.7 Å². The molecule has 0 radical (unpaired) electrons. The number of carbonyl (C=O) groups is 2. The van der Waals surface area contributed by atoms with Crippen LogP contribution in [0, 0.1) is 6.92 Å². The number of nitrogens with one attached hydrogen (secondary N) is 2. The van der Waals surface area contributed by atoms with Crippen molar-refractivity contribution < 1.29 is 19.1 Å². The molecule has 0 saturated carbocycles. The Labute approximate surface area is 131 Å². The zero-order valence-corrected chi connectivity index (χ0v) is 13.3. The molecular formula is C13H18N2O4S2. The predicted molar refractivity (Wildman–Crippen MR) is 84.2 cm³/mol. The fourth-order valence-corrected chi connectivity index (χ4v) is 4.55. The van der Waals surface area contributed by atoms with Gasteiger partial charge in [0.05, 0.1) is 6.54 Å². The summed E-state index contributed by atoms with van der Waals surface area (Å²) in [6, 6.07) is 1.17. The minimum atomic E-state index is -1.03. The molecule has 0 bridgehead atoms. The molecule has 2 amide bonds. The quantitative estimate of drug-likeness (QED) is 0.764. The van der Waals surface area contributed by atoms with Crippen molar-refractivity contribution in [3.05, 3.63) is 23.2 Å².